The van der Waals surface area contributed by atoms with Crippen molar-refractivity contribution in [1.29, 1.82) is 0 Å². The van der Waals surface area contributed by atoms with Crippen molar-refractivity contribution >= 4 is 16.7 Å². The van der Waals surface area contributed by atoms with Gasteiger partial charge in [-0.15, -0.1) is 0 Å². The van der Waals surface area contributed by atoms with Gasteiger partial charge in [0.25, 0.3) is 0 Å². The van der Waals surface area contributed by atoms with Crippen molar-refractivity contribution in [2.45, 2.75) is 0 Å². The first-order valence-corrected chi connectivity index (χ1v) is 3.19. The van der Waals surface area contributed by atoms with Crippen LogP contribution in [0.5, 0.6) is 0 Å². The van der Waals surface area contributed by atoms with Crippen LogP contribution in [0.25, 0.3) is 10.9 Å². The van der Waals surface area contributed by atoms with Crippen LogP contribution in [0.4, 0.5) is 5.82 Å². The van der Waals surface area contributed by atoms with Crippen molar-refractivity contribution < 1.29 is 37.7 Å². The van der Waals surface area contributed by atoms with Crippen LogP contribution in [0.1, 0.15) is 0 Å². The van der Waals surface area contributed by atoms with Crippen LogP contribution in [-0.4, -0.2) is 4.98 Å². The molecule has 0 fully saturated rings. The summed E-state index contributed by atoms with van der Waals surface area (Å²) in [4.78, 5) is 3.04. The zero-order valence-corrected chi connectivity index (χ0v) is 6.52. The summed E-state index contributed by atoms with van der Waals surface area (Å²) in [5.74, 6) is 0.723. The van der Waals surface area contributed by atoms with Gasteiger partial charge in [0.1, 0.15) is 5.82 Å². The standard InChI is InChI=1S/C8H8N2.Ar/c9-8-5-6-3-1-2-4-7(6)10-8;/h1-5,10H,9H2;. The number of benzene rings is 1. The topological polar surface area (TPSA) is 41.8 Å². The van der Waals surface area contributed by atoms with Gasteiger partial charge in [-0.1, -0.05) is 18.2 Å². The van der Waals surface area contributed by atoms with Crippen molar-refractivity contribution in [1.82, 2.24) is 4.98 Å². The van der Waals surface area contributed by atoms with Crippen molar-refractivity contribution in [3.63, 3.8) is 0 Å². The Labute approximate surface area is 94.8 Å². The Hall–Kier alpha value is -0.180. The van der Waals surface area contributed by atoms with Gasteiger partial charge >= 0.3 is 0 Å². The van der Waals surface area contributed by atoms with Crippen LogP contribution in [0.2, 0.25) is 0 Å². The maximum atomic E-state index is 5.54. The summed E-state index contributed by atoms with van der Waals surface area (Å²) in [5.41, 5.74) is 6.63. The molecule has 2 rings (SSSR count). The predicted molar refractivity (Wildman–Crippen MR) is 42.7 cm³/mol. The molecule has 2 nitrogen and oxygen atoms in total. The number of hydrogen-bond donors (Lipinski definition) is 2. The van der Waals surface area contributed by atoms with Crippen LogP contribution < -0.4 is 5.73 Å². The van der Waals surface area contributed by atoms with Crippen molar-refractivity contribution in [2.24, 2.45) is 0 Å². The molecule has 0 amide bonds. The number of H-pyrrole nitrogens is 1. The molecule has 0 aliphatic heterocycles. The van der Waals surface area contributed by atoms with Crippen LogP contribution in [0, 0.1) is 37.7 Å². The maximum absolute atomic E-state index is 5.54. The van der Waals surface area contributed by atoms with E-state index in [0.717, 1.165) is 11.3 Å². The molecule has 1 aromatic heterocycles. The van der Waals surface area contributed by atoms with E-state index in [0.29, 0.717) is 0 Å². The SMILES string of the molecule is Nc1cc2ccccc2[nH]1.[Ar]. The minimum Gasteiger partial charge on any atom is -0.385 e. The molecular formula is C8H8ArN2. The number of fused-ring (bicyclic) bond motifs is 1. The van der Waals surface area contributed by atoms with E-state index in [1.54, 1.807) is 0 Å². The molecule has 0 saturated carbocycles. The van der Waals surface area contributed by atoms with Gasteiger partial charge < -0.3 is 10.7 Å². The summed E-state index contributed by atoms with van der Waals surface area (Å²) < 4.78 is 0. The summed E-state index contributed by atoms with van der Waals surface area (Å²) in [6.07, 6.45) is 0. The summed E-state index contributed by atoms with van der Waals surface area (Å²) in [6.45, 7) is 0. The van der Waals surface area contributed by atoms with Gasteiger partial charge in [-0.05, 0) is 12.1 Å². The molecule has 58 valence electrons. The average Bonchev–Trinajstić information content (AvgIpc) is 2.27. The van der Waals surface area contributed by atoms with Crippen LogP contribution in [-0.2, 0) is 0 Å². The third kappa shape index (κ3) is 1.70. The number of para-hydroxylation sites is 1. The molecule has 3 heteroatoms. The van der Waals surface area contributed by atoms with Crippen molar-refractivity contribution in [3.05, 3.63) is 30.3 Å². The Balaban J connectivity index is 0.000000605. The zero-order chi connectivity index (χ0) is 6.97. The Morgan fingerprint density at radius 3 is 2.64 bits per heavy atom. The van der Waals surface area contributed by atoms with Crippen molar-refractivity contribution in [3.8, 4) is 0 Å². The van der Waals surface area contributed by atoms with Crippen LogP contribution in [0.3, 0.4) is 0 Å². The number of nitrogen functional groups attached to an aromatic ring is 1. The molecule has 0 aliphatic carbocycles. The molecule has 0 radical (unpaired) electrons. The van der Waals surface area contributed by atoms with Gasteiger partial charge in [0.2, 0.25) is 0 Å². The quantitative estimate of drug-likeness (QED) is 0.624. The van der Waals surface area contributed by atoms with E-state index >= 15 is 0 Å². The van der Waals surface area contributed by atoms with Crippen LogP contribution in [0.15, 0.2) is 30.3 Å². The third-order valence-electron chi connectivity index (χ3n) is 1.55. The van der Waals surface area contributed by atoms with E-state index in [1.165, 1.54) is 5.39 Å². The first-order valence-electron chi connectivity index (χ1n) is 3.19. The molecule has 1 heterocycles. The predicted octanol–water partition coefficient (Wildman–Crippen LogP) is 1.75. The van der Waals surface area contributed by atoms with Gasteiger partial charge in [0.15, 0.2) is 0 Å². The van der Waals surface area contributed by atoms with Gasteiger partial charge in [0, 0.05) is 48.6 Å². The summed E-state index contributed by atoms with van der Waals surface area (Å²) >= 11 is 0. The summed E-state index contributed by atoms with van der Waals surface area (Å²) in [6, 6.07) is 9.94. The molecule has 0 atom stereocenters. The number of nitrogens with one attached hydrogen (secondary N) is 1. The minimum absolute atomic E-state index is 0. The molecule has 0 aliphatic rings. The summed E-state index contributed by atoms with van der Waals surface area (Å²) in [7, 11) is 0. The Bertz CT molecular complexity index is 321. The number of hydrogen-bond acceptors (Lipinski definition) is 1. The van der Waals surface area contributed by atoms with Crippen molar-refractivity contribution in [2.75, 3.05) is 5.73 Å². The number of aromatic amines is 1. The molecule has 0 bridgehead atoms. The second-order valence-electron chi connectivity index (χ2n) is 2.31. The fraction of sp³-hybridized carbons (Fsp3) is 0. The largest absolute Gasteiger partial charge is 0.385 e. The monoisotopic (exact) mass is 172 g/mol. The maximum Gasteiger partial charge on any atom is 0.101 e. The fourth-order valence-electron chi connectivity index (χ4n) is 1.10. The normalized spacial score (nSPS) is 9.45. The zero-order valence-electron chi connectivity index (χ0n) is 5.82. The molecular weight excluding hydrogens is 164 g/mol. The van der Waals surface area contributed by atoms with E-state index < -0.39 is 0 Å². The van der Waals surface area contributed by atoms with E-state index in [1.807, 2.05) is 30.3 Å². The molecule has 0 unspecified atom stereocenters. The Morgan fingerprint density at radius 1 is 1.18 bits per heavy atom. The van der Waals surface area contributed by atoms with Crippen LogP contribution >= 0.6 is 0 Å². The minimum atomic E-state index is 0. The first kappa shape index (κ1) is 8.91. The second-order valence-corrected chi connectivity index (χ2v) is 2.31. The van der Waals surface area contributed by atoms with E-state index in [4.69, 9.17) is 5.73 Å². The van der Waals surface area contributed by atoms with E-state index in [-0.39, 0.29) is 37.7 Å². The average molecular weight is 172 g/mol. The van der Waals surface area contributed by atoms with Gasteiger partial charge in [0.05, 0.1) is 0 Å². The molecule has 2 aromatic rings. The Morgan fingerprint density at radius 2 is 1.91 bits per heavy atom. The van der Waals surface area contributed by atoms with E-state index in [2.05, 4.69) is 4.98 Å². The third-order valence-corrected chi connectivity index (χ3v) is 1.55. The number of rotatable bonds is 0. The fourth-order valence-corrected chi connectivity index (χ4v) is 1.10. The van der Waals surface area contributed by atoms with Gasteiger partial charge in [-0.3, -0.25) is 0 Å². The molecule has 1 aromatic carbocycles. The summed E-state index contributed by atoms with van der Waals surface area (Å²) in [5, 5.41) is 1.17. The first-order chi connectivity index (χ1) is 4.86. The van der Waals surface area contributed by atoms with Gasteiger partial charge in [-0.2, -0.15) is 0 Å². The molecule has 3 N–H and O–H groups in total. The molecule has 11 heavy (non-hydrogen) atoms. The molecule has 0 saturated heterocycles. The second kappa shape index (κ2) is 3.48. The smallest absolute Gasteiger partial charge is 0.101 e. The van der Waals surface area contributed by atoms with E-state index in [9.17, 15) is 0 Å². The van der Waals surface area contributed by atoms with Gasteiger partial charge in [-0.25, -0.2) is 0 Å². The number of aromatic nitrogens is 1. The Kier molecular flexibility index (Phi) is 2.82. The number of anilines is 1. The molecule has 0 spiro atoms. The number of nitrogens with two attached hydrogens (primary N) is 1.